The lowest BCUT2D eigenvalue weighted by Gasteiger charge is -2.41. The molecule has 1 aliphatic rings. The zero-order valence-corrected chi connectivity index (χ0v) is 7.14. The van der Waals surface area contributed by atoms with Gasteiger partial charge in [-0.15, -0.1) is 0 Å². The van der Waals surface area contributed by atoms with Crippen LogP contribution < -0.4 is 11.5 Å². The highest BCUT2D eigenvalue weighted by Gasteiger charge is 2.39. The summed E-state index contributed by atoms with van der Waals surface area (Å²) in [5.41, 5.74) is 10.3. The quantitative estimate of drug-likeness (QED) is 0.469. The Bertz CT molecular complexity index is 231. The number of hydrogen-bond donors (Lipinski definition) is 3. The molecule has 0 aromatic heterocycles. The molecule has 0 aromatic carbocycles. The van der Waals surface area contributed by atoms with Crippen molar-refractivity contribution in [3.63, 3.8) is 0 Å². The fraction of sp³-hybridized carbons (Fsp3) is 0.714. The van der Waals surface area contributed by atoms with Crippen LogP contribution in [0.25, 0.3) is 0 Å². The highest BCUT2D eigenvalue weighted by molar-refractivity contribution is 5.82. The number of primary amides is 1. The summed E-state index contributed by atoms with van der Waals surface area (Å²) in [7, 11) is 0. The van der Waals surface area contributed by atoms with E-state index in [1.54, 1.807) is 0 Å². The second-order valence-electron chi connectivity index (χ2n) is 3.03. The van der Waals surface area contributed by atoms with E-state index in [9.17, 15) is 9.59 Å². The number of carboxylic acid groups (broad SMARTS) is 1. The summed E-state index contributed by atoms with van der Waals surface area (Å²) in [4.78, 5) is 23.0. The first-order chi connectivity index (χ1) is 6.07. The van der Waals surface area contributed by atoms with E-state index in [0.29, 0.717) is 13.0 Å². The molecular formula is C7H13N3O3. The normalized spacial score (nSPS) is 24.8. The van der Waals surface area contributed by atoms with Crippen LogP contribution in [0.5, 0.6) is 0 Å². The molecule has 1 rings (SSSR count). The van der Waals surface area contributed by atoms with Crippen LogP contribution in [0.4, 0.5) is 0 Å². The number of nitrogens with two attached hydrogens (primary N) is 2. The molecule has 0 aliphatic carbocycles. The number of rotatable bonds is 4. The summed E-state index contributed by atoms with van der Waals surface area (Å²) in [6.07, 6.45) is 0.624. The Kier molecular flexibility index (Phi) is 2.84. The van der Waals surface area contributed by atoms with Gasteiger partial charge >= 0.3 is 5.97 Å². The fourth-order valence-corrected chi connectivity index (χ4v) is 1.46. The number of aliphatic carboxylic acids is 1. The van der Waals surface area contributed by atoms with Gasteiger partial charge < -0.3 is 16.6 Å². The topological polar surface area (TPSA) is 110 Å². The maximum atomic E-state index is 10.8. The first-order valence-electron chi connectivity index (χ1n) is 4.06. The van der Waals surface area contributed by atoms with E-state index in [2.05, 4.69) is 0 Å². The van der Waals surface area contributed by atoms with Crippen LogP contribution in [0.15, 0.2) is 0 Å². The van der Waals surface area contributed by atoms with Crippen LogP contribution in [0.2, 0.25) is 0 Å². The van der Waals surface area contributed by atoms with Crippen LogP contribution in [0, 0.1) is 0 Å². The summed E-state index contributed by atoms with van der Waals surface area (Å²) >= 11 is 0. The van der Waals surface area contributed by atoms with Crippen molar-refractivity contribution in [3.8, 4) is 0 Å². The number of nitrogens with zero attached hydrogens (tertiary/aromatic N) is 1. The highest BCUT2D eigenvalue weighted by Crippen LogP contribution is 2.19. The predicted octanol–water partition coefficient (Wildman–Crippen LogP) is -2.04. The molecular weight excluding hydrogens is 174 g/mol. The second kappa shape index (κ2) is 3.71. The van der Waals surface area contributed by atoms with Gasteiger partial charge in [0.05, 0.1) is 6.04 Å². The molecule has 1 saturated heterocycles. The molecule has 0 saturated carbocycles. The van der Waals surface area contributed by atoms with Crippen molar-refractivity contribution < 1.29 is 14.7 Å². The minimum atomic E-state index is -1.01. The lowest BCUT2D eigenvalue weighted by Crippen LogP contribution is -2.62. The molecule has 0 radical (unpaired) electrons. The van der Waals surface area contributed by atoms with E-state index >= 15 is 0 Å². The third kappa shape index (κ3) is 1.78. The molecule has 13 heavy (non-hydrogen) atoms. The van der Waals surface area contributed by atoms with Gasteiger partial charge in [0.1, 0.15) is 6.04 Å². The van der Waals surface area contributed by atoms with Crippen LogP contribution in [-0.2, 0) is 9.59 Å². The molecule has 1 heterocycles. The van der Waals surface area contributed by atoms with E-state index in [-0.39, 0.29) is 6.54 Å². The minimum absolute atomic E-state index is 0.000880. The molecule has 5 N–H and O–H groups in total. The SMILES string of the molecule is NCC(C(=O)O)N1CCC1C(N)=O. The van der Waals surface area contributed by atoms with Crippen molar-refractivity contribution in [1.29, 1.82) is 0 Å². The second-order valence-corrected chi connectivity index (χ2v) is 3.03. The third-order valence-electron chi connectivity index (χ3n) is 2.30. The Labute approximate surface area is 75.5 Å². The van der Waals surface area contributed by atoms with Crippen molar-refractivity contribution >= 4 is 11.9 Å². The zero-order chi connectivity index (χ0) is 10.0. The first-order valence-corrected chi connectivity index (χ1v) is 4.06. The summed E-state index contributed by atoms with van der Waals surface area (Å²) < 4.78 is 0. The molecule has 0 bridgehead atoms. The van der Waals surface area contributed by atoms with Gasteiger partial charge in [0.25, 0.3) is 0 Å². The first kappa shape index (κ1) is 9.94. The maximum absolute atomic E-state index is 10.8. The van der Waals surface area contributed by atoms with Crippen LogP contribution in [-0.4, -0.2) is 47.1 Å². The van der Waals surface area contributed by atoms with Gasteiger partial charge in [-0.2, -0.15) is 0 Å². The summed E-state index contributed by atoms with van der Waals surface area (Å²) in [5, 5.41) is 8.73. The van der Waals surface area contributed by atoms with E-state index in [0.717, 1.165) is 0 Å². The van der Waals surface area contributed by atoms with E-state index in [1.165, 1.54) is 4.90 Å². The lowest BCUT2D eigenvalue weighted by molar-refractivity contribution is -0.148. The Morgan fingerprint density at radius 1 is 1.62 bits per heavy atom. The number of carbonyl (C=O) groups excluding carboxylic acids is 1. The highest BCUT2D eigenvalue weighted by atomic mass is 16.4. The predicted molar refractivity (Wildman–Crippen MR) is 44.8 cm³/mol. The van der Waals surface area contributed by atoms with Gasteiger partial charge in [0, 0.05) is 13.1 Å². The molecule has 2 unspecified atom stereocenters. The van der Waals surface area contributed by atoms with Gasteiger partial charge in [0.15, 0.2) is 0 Å². The Hall–Kier alpha value is -1.14. The summed E-state index contributed by atoms with van der Waals surface area (Å²) in [6, 6.07) is -1.24. The van der Waals surface area contributed by atoms with Gasteiger partial charge in [0.2, 0.25) is 5.91 Å². The van der Waals surface area contributed by atoms with Gasteiger partial charge in [-0.1, -0.05) is 0 Å². The number of likely N-dealkylation sites (tertiary alicyclic amines) is 1. The average molecular weight is 187 g/mol. The smallest absolute Gasteiger partial charge is 0.322 e. The molecule has 0 aromatic rings. The Balaban J connectivity index is 2.60. The van der Waals surface area contributed by atoms with Crippen molar-refractivity contribution in [2.45, 2.75) is 18.5 Å². The van der Waals surface area contributed by atoms with Crippen LogP contribution in [0.3, 0.4) is 0 Å². The molecule has 1 amide bonds. The number of amides is 1. The Morgan fingerprint density at radius 3 is 2.46 bits per heavy atom. The van der Waals surface area contributed by atoms with Crippen LogP contribution in [0.1, 0.15) is 6.42 Å². The standard InChI is InChI=1S/C7H13N3O3/c8-3-5(7(12)13)10-2-1-4(10)6(9)11/h4-5H,1-3,8H2,(H2,9,11)(H,12,13). The number of carboxylic acids is 1. The minimum Gasteiger partial charge on any atom is -0.480 e. The molecule has 0 spiro atoms. The Morgan fingerprint density at radius 2 is 2.23 bits per heavy atom. The fourth-order valence-electron chi connectivity index (χ4n) is 1.46. The number of hydrogen-bond acceptors (Lipinski definition) is 4. The third-order valence-corrected chi connectivity index (χ3v) is 2.30. The largest absolute Gasteiger partial charge is 0.480 e. The maximum Gasteiger partial charge on any atom is 0.322 e. The van der Waals surface area contributed by atoms with E-state index in [1.807, 2.05) is 0 Å². The van der Waals surface area contributed by atoms with E-state index < -0.39 is 24.0 Å². The summed E-state index contributed by atoms with van der Waals surface area (Å²) in [6.45, 7) is 0.570. The monoisotopic (exact) mass is 187 g/mol. The lowest BCUT2D eigenvalue weighted by atomic mass is 9.99. The molecule has 6 nitrogen and oxygen atoms in total. The van der Waals surface area contributed by atoms with Crippen molar-refractivity contribution in [2.75, 3.05) is 13.1 Å². The molecule has 74 valence electrons. The average Bonchev–Trinajstić information content (AvgIpc) is 1.95. The van der Waals surface area contributed by atoms with Gasteiger partial charge in [-0.25, -0.2) is 0 Å². The summed E-state index contributed by atoms with van der Waals surface area (Å²) in [5.74, 6) is -1.49. The van der Waals surface area contributed by atoms with E-state index in [4.69, 9.17) is 16.6 Å². The number of carbonyl (C=O) groups is 2. The molecule has 1 fully saturated rings. The molecule has 6 heteroatoms. The van der Waals surface area contributed by atoms with Crippen molar-refractivity contribution in [1.82, 2.24) is 4.90 Å². The van der Waals surface area contributed by atoms with Gasteiger partial charge in [-0.05, 0) is 6.42 Å². The molecule has 2 atom stereocenters. The van der Waals surface area contributed by atoms with Crippen LogP contribution >= 0.6 is 0 Å². The van der Waals surface area contributed by atoms with Crippen molar-refractivity contribution in [3.05, 3.63) is 0 Å². The molecule has 1 aliphatic heterocycles. The zero-order valence-electron chi connectivity index (χ0n) is 7.14. The van der Waals surface area contributed by atoms with Crippen molar-refractivity contribution in [2.24, 2.45) is 11.5 Å². The van der Waals surface area contributed by atoms with Gasteiger partial charge in [-0.3, -0.25) is 14.5 Å².